The van der Waals surface area contributed by atoms with Gasteiger partial charge >= 0.3 is 0 Å². The molecular weight excluding hydrogens is 346 g/mol. The van der Waals surface area contributed by atoms with Gasteiger partial charge in [0.25, 0.3) is 0 Å². The summed E-state index contributed by atoms with van der Waals surface area (Å²) in [5, 5.41) is 2.70. The van der Waals surface area contributed by atoms with Crippen LogP contribution in [0.4, 0.5) is 11.8 Å². The average Bonchev–Trinajstić information content (AvgIpc) is 3.15. The van der Waals surface area contributed by atoms with Crippen LogP contribution >= 0.6 is 0 Å². The van der Waals surface area contributed by atoms with E-state index in [0.29, 0.717) is 18.6 Å². The van der Waals surface area contributed by atoms with E-state index in [0.717, 1.165) is 37.7 Å². The van der Waals surface area contributed by atoms with Crippen LogP contribution in [0.25, 0.3) is 0 Å². The number of anilines is 2. The van der Waals surface area contributed by atoms with E-state index in [2.05, 4.69) is 44.1 Å². The van der Waals surface area contributed by atoms with Crippen molar-refractivity contribution >= 4 is 17.7 Å². The van der Waals surface area contributed by atoms with Crippen molar-refractivity contribution in [1.29, 1.82) is 0 Å². The number of aromatic nitrogens is 2. The second-order valence-electron chi connectivity index (χ2n) is 6.73. The van der Waals surface area contributed by atoms with Crippen LogP contribution in [0.5, 0.6) is 11.5 Å². The van der Waals surface area contributed by atoms with E-state index in [-0.39, 0.29) is 11.9 Å². The third kappa shape index (κ3) is 3.80. The van der Waals surface area contributed by atoms with E-state index in [1.165, 1.54) is 12.5 Å². The molecule has 1 unspecified atom stereocenters. The maximum atomic E-state index is 11.2. The predicted molar refractivity (Wildman–Crippen MR) is 101 cm³/mol. The summed E-state index contributed by atoms with van der Waals surface area (Å²) in [6, 6.07) is 8.13. The molecule has 8 heteroatoms. The van der Waals surface area contributed by atoms with Crippen LogP contribution in [-0.4, -0.2) is 53.7 Å². The first-order valence-corrected chi connectivity index (χ1v) is 9.09. The van der Waals surface area contributed by atoms with Gasteiger partial charge in [-0.2, -0.15) is 4.98 Å². The molecule has 1 saturated heterocycles. The van der Waals surface area contributed by atoms with Gasteiger partial charge in [-0.1, -0.05) is 6.07 Å². The summed E-state index contributed by atoms with van der Waals surface area (Å²) in [5.41, 5.74) is 1.22. The molecule has 0 aliphatic carbocycles. The topological polar surface area (TPSA) is 79.8 Å². The molecule has 0 radical (unpaired) electrons. The number of fused-ring (bicyclic) bond motifs is 1. The zero-order valence-electron chi connectivity index (χ0n) is 15.5. The van der Waals surface area contributed by atoms with E-state index in [1.54, 1.807) is 12.3 Å². The smallest absolute Gasteiger partial charge is 0.231 e. The van der Waals surface area contributed by atoms with Crippen LogP contribution in [0.1, 0.15) is 25.5 Å². The second kappa shape index (κ2) is 7.40. The maximum absolute atomic E-state index is 11.2. The maximum Gasteiger partial charge on any atom is 0.231 e. The van der Waals surface area contributed by atoms with Gasteiger partial charge in [0, 0.05) is 45.3 Å². The first kappa shape index (κ1) is 17.5. The SMILES string of the molecule is CC(=O)Nc1ccnc(N2CCN(C(C)c3ccc4c(c3)OCO4)CC2)n1. The van der Waals surface area contributed by atoms with Gasteiger partial charge in [-0.25, -0.2) is 4.98 Å². The Morgan fingerprint density at radius 1 is 1.15 bits per heavy atom. The van der Waals surface area contributed by atoms with Gasteiger partial charge in [0.05, 0.1) is 0 Å². The first-order valence-electron chi connectivity index (χ1n) is 9.09. The van der Waals surface area contributed by atoms with Crippen LogP contribution in [0.3, 0.4) is 0 Å². The molecule has 1 aromatic carbocycles. The lowest BCUT2D eigenvalue weighted by molar-refractivity contribution is -0.114. The van der Waals surface area contributed by atoms with Gasteiger partial charge < -0.3 is 19.7 Å². The van der Waals surface area contributed by atoms with E-state index in [1.807, 2.05) is 6.07 Å². The molecule has 8 nitrogen and oxygen atoms in total. The highest BCUT2D eigenvalue weighted by Crippen LogP contribution is 2.35. The Morgan fingerprint density at radius 3 is 2.70 bits per heavy atom. The highest BCUT2D eigenvalue weighted by molar-refractivity contribution is 5.87. The standard InChI is InChI=1S/C19H23N5O3/c1-13(15-3-4-16-17(11-15)27-12-26-16)23-7-9-24(10-8-23)19-20-6-5-18(22-19)21-14(2)25/h3-6,11,13H,7-10,12H2,1-2H3,(H,20,21,22,25). The molecule has 142 valence electrons. The fourth-order valence-corrected chi connectivity index (χ4v) is 3.44. The van der Waals surface area contributed by atoms with Crippen molar-refractivity contribution in [3.05, 3.63) is 36.0 Å². The molecule has 0 spiro atoms. The molecule has 0 bridgehead atoms. The Bertz CT molecular complexity index is 836. The molecule has 2 aliphatic rings. The molecule has 2 aliphatic heterocycles. The first-order chi connectivity index (χ1) is 13.1. The highest BCUT2D eigenvalue weighted by atomic mass is 16.7. The summed E-state index contributed by atoms with van der Waals surface area (Å²) < 4.78 is 10.9. The minimum absolute atomic E-state index is 0.137. The van der Waals surface area contributed by atoms with Gasteiger partial charge in [-0.3, -0.25) is 9.69 Å². The number of hydrogen-bond acceptors (Lipinski definition) is 7. The Kier molecular flexibility index (Phi) is 4.81. The Hall–Kier alpha value is -2.87. The molecule has 1 atom stereocenters. The van der Waals surface area contributed by atoms with E-state index < -0.39 is 0 Å². The average molecular weight is 369 g/mol. The lowest BCUT2D eigenvalue weighted by atomic mass is 10.1. The van der Waals surface area contributed by atoms with Crippen molar-refractivity contribution in [3.63, 3.8) is 0 Å². The zero-order chi connectivity index (χ0) is 18.8. The van der Waals surface area contributed by atoms with Crippen molar-refractivity contribution in [3.8, 4) is 11.5 Å². The third-order valence-electron chi connectivity index (χ3n) is 4.97. The minimum atomic E-state index is -0.137. The molecule has 3 heterocycles. The van der Waals surface area contributed by atoms with Crippen molar-refractivity contribution < 1.29 is 14.3 Å². The molecule has 0 saturated carbocycles. The van der Waals surface area contributed by atoms with Crippen molar-refractivity contribution in [2.45, 2.75) is 19.9 Å². The number of hydrogen-bond donors (Lipinski definition) is 1. The van der Waals surface area contributed by atoms with Gasteiger partial charge in [0.2, 0.25) is 18.6 Å². The molecule has 1 aromatic heterocycles. The van der Waals surface area contributed by atoms with E-state index in [9.17, 15) is 4.79 Å². The van der Waals surface area contributed by atoms with Crippen LogP contribution in [-0.2, 0) is 4.79 Å². The van der Waals surface area contributed by atoms with Gasteiger partial charge in [0.15, 0.2) is 11.5 Å². The fourth-order valence-electron chi connectivity index (χ4n) is 3.44. The number of ether oxygens (including phenoxy) is 2. The van der Waals surface area contributed by atoms with Gasteiger partial charge in [-0.15, -0.1) is 0 Å². The highest BCUT2D eigenvalue weighted by Gasteiger charge is 2.25. The lowest BCUT2D eigenvalue weighted by Gasteiger charge is -2.38. The zero-order valence-corrected chi connectivity index (χ0v) is 15.5. The summed E-state index contributed by atoms with van der Waals surface area (Å²) in [5.74, 6) is 2.68. The number of nitrogens with one attached hydrogen (secondary N) is 1. The number of piperazine rings is 1. The van der Waals surface area contributed by atoms with Crippen molar-refractivity contribution in [2.24, 2.45) is 0 Å². The quantitative estimate of drug-likeness (QED) is 0.883. The number of benzene rings is 1. The number of amides is 1. The number of rotatable bonds is 4. The molecule has 1 fully saturated rings. The molecule has 4 rings (SSSR count). The Morgan fingerprint density at radius 2 is 1.93 bits per heavy atom. The Labute approximate surface area is 158 Å². The van der Waals surface area contributed by atoms with Crippen molar-refractivity contribution in [2.75, 3.05) is 43.2 Å². The lowest BCUT2D eigenvalue weighted by Crippen LogP contribution is -2.47. The fraction of sp³-hybridized carbons (Fsp3) is 0.421. The van der Waals surface area contributed by atoms with Gasteiger partial charge in [-0.05, 0) is 30.7 Å². The van der Waals surface area contributed by atoms with E-state index in [4.69, 9.17) is 9.47 Å². The van der Waals surface area contributed by atoms with Crippen LogP contribution in [0.15, 0.2) is 30.5 Å². The summed E-state index contributed by atoms with van der Waals surface area (Å²) in [6.07, 6.45) is 1.68. The van der Waals surface area contributed by atoms with Crippen molar-refractivity contribution in [1.82, 2.24) is 14.9 Å². The summed E-state index contributed by atoms with van der Waals surface area (Å²) in [4.78, 5) is 24.6. The minimum Gasteiger partial charge on any atom is -0.454 e. The summed E-state index contributed by atoms with van der Waals surface area (Å²) in [7, 11) is 0. The molecule has 1 amide bonds. The molecular formula is C19H23N5O3. The largest absolute Gasteiger partial charge is 0.454 e. The predicted octanol–water partition coefficient (Wildman–Crippen LogP) is 2.05. The van der Waals surface area contributed by atoms with Crippen LogP contribution in [0.2, 0.25) is 0 Å². The molecule has 2 aromatic rings. The van der Waals surface area contributed by atoms with Crippen LogP contribution < -0.4 is 19.7 Å². The number of nitrogens with zero attached hydrogens (tertiary/aromatic N) is 4. The number of carbonyl (C=O) groups excluding carboxylic acids is 1. The summed E-state index contributed by atoms with van der Waals surface area (Å²) >= 11 is 0. The number of carbonyl (C=O) groups is 1. The third-order valence-corrected chi connectivity index (χ3v) is 4.97. The van der Waals surface area contributed by atoms with Gasteiger partial charge in [0.1, 0.15) is 5.82 Å². The molecule has 27 heavy (non-hydrogen) atoms. The van der Waals surface area contributed by atoms with E-state index >= 15 is 0 Å². The monoisotopic (exact) mass is 369 g/mol. The molecule has 1 N–H and O–H groups in total. The normalized spacial score (nSPS) is 17.6. The summed E-state index contributed by atoms with van der Waals surface area (Å²) in [6.45, 7) is 7.45. The Balaban J connectivity index is 1.39. The second-order valence-corrected chi connectivity index (χ2v) is 6.73. The van der Waals surface area contributed by atoms with Crippen LogP contribution in [0, 0.1) is 0 Å².